The van der Waals surface area contributed by atoms with Crippen LogP contribution in [0.3, 0.4) is 0 Å². The van der Waals surface area contributed by atoms with E-state index in [-0.39, 0.29) is 11.0 Å². The van der Waals surface area contributed by atoms with Crippen molar-refractivity contribution in [3.8, 4) is 11.3 Å². The van der Waals surface area contributed by atoms with Crippen molar-refractivity contribution >= 4 is 15.9 Å². The predicted octanol–water partition coefficient (Wildman–Crippen LogP) is 4.48. The third-order valence-electron chi connectivity index (χ3n) is 2.57. The lowest BCUT2D eigenvalue weighted by molar-refractivity contribution is 0.543. The highest BCUT2D eigenvalue weighted by Crippen LogP contribution is 2.27. The van der Waals surface area contributed by atoms with E-state index in [9.17, 15) is 8.78 Å². The Hall–Kier alpha value is -1.36. The Bertz CT molecular complexity index is 621. The first kappa shape index (κ1) is 14.1. The number of hydrogen-bond donors (Lipinski definition) is 0. The molecule has 0 fully saturated rings. The van der Waals surface area contributed by atoms with Gasteiger partial charge in [0.25, 0.3) is 0 Å². The molecule has 100 valence electrons. The lowest BCUT2D eigenvalue weighted by Gasteiger charge is -2.17. The average Bonchev–Trinajstić information content (AvgIpc) is 2.26. The van der Waals surface area contributed by atoms with Gasteiger partial charge in [0.05, 0.1) is 5.69 Å². The molecule has 1 aromatic carbocycles. The number of rotatable bonds is 1. The molecule has 1 aromatic heterocycles. The first-order valence-electron chi connectivity index (χ1n) is 5.78. The fourth-order valence-electron chi connectivity index (χ4n) is 1.59. The van der Waals surface area contributed by atoms with Crippen LogP contribution >= 0.6 is 15.9 Å². The molecule has 0 saturated carbocycles. The zero-order chi connectivity index (χ0) is 14.2. The maximum atomic E-state index is 13.8. The van der Waals surface area contributed by atoms with E-state index in [0.29, 0.717) is 16.1 Å². The van der Waals surface area contributed by atoms with Crippen LogP contribution in [0.2, 0.25) is 0 Å². The molecular weight excluding hydrogens is 314 g/mol. The molecule has 0 aliphatic rings. The first-order valence-corrected chi connectivity index (χ1v) is 6.57. The van der Waals surface area contributed by atoms with Crippen molar-refractivity contribution in [1.29, 1.82) is 0 Å². The number of aromatic nitrogens is 2. The van der Waals surface area contributed by atoms with Gasteiger partial charge in [-0.25, -0.2) is 18.7 Å². The molecule has 0 radical (unpaired) electrons. The van der Waals surface area contributed by atoms with Crippen LogP contribution in [-0.2, 0) is 5.41 Å². The van der Waals surface area contributed by atoms with Crippen LogP contribution in [0, 0.1) is 11.6 Å². The molecule has 2 rings (SSSR count). The third-order valence-corrected chi connectivity index (χ3v) is 2.98. The van der Waals surface area contributed by atoms with Crippen molar-refractivity contribution in [3.05, 3.63) is 46.3 Å². The minimum absolute atomic E-state index is 0.255. The Morgan fingerprint density at radius 3 is 2.32 bits per heavy atom. The summed E-state index contributed by atoms with van der Waals surface area (Å²) in [6.07, 6.45) is 0. The van der Waals surface area contributed by atoms with E-state index in [4.69, 9.17) is 0 Å². The van der Waals surface area contributed by atoms with Gasteiger partial charge in [0.2, 0.25) is 0 Å². The summed E-state index contributed by atoms with van der Waals surface area (Å²) in [6, 6.07) is 5.06. The second-order valence-electron chi connectivity index (χ2n) is 5.27. The fourth-order valence-corrected chi connectivity index (χ4v) is 1.97. The van der Waals surface area contributed by atoms with Gasteiger partial charge in [-0.3, -0.25) is 0 Å². The van der Waals surface area contributed by atoms with E-state index in [1.165, 1.54) is 12.1 Å². The summed E-state index contributed by atoms with van der Waals surface area (Å²) in [6.45, 7) is 5.92. The maximum Gasteiger partial charge on any atom is 0.135 e. The second-order valence-corrected chi connectivity index (χ2v) is 6.09. The summed E-state index contributed by atoms with van der Waals surface area (Å²) in [4.78, 5) is 8.65. The van der Waals surface area contributed by atoms with Gasteiger partial charge in [-0.15, -0.1) is 0 Å². The van der Waals surface area contributed by atoms with Crippen LogP contribution < -0.4 is 0 Å². The summed E-state index contributed by atoms with van der Waals surface area (Å²) in [5, 5.41) is 0. The van der Waals surface area contributed by atoms with Gasteiger partial charge in [-0.2, -0.15) is 0 Å². The summed E-state index contributed by atoms with van der Waals surface area (Å²) >= 11 is 3.29. The van der Waals surface area contributed by atoms with E-state index in [2.05, 4.69) is 25.9 Å². The van der Waals surface area contributed by atoms with Crippen LogP contribution in [0.1, 0.15) is 26.6 Å². The Morgan fingerprint density at radius 2 is 1.74 bits per heavy atom. The number of halogens is 3. The molecule has 0 atom stereocenters. The first-order chi connectivity index (χ1) is 8.77. The zero-order valence-corrected chi connectivity index (χ0v) is 12.4. The fraction of sp³-hybridized carbons (Fsp3) is 0.286. The number of nitrogens with zero attached hydrogens (tertiary/aromatic N) is 2. The molecule has 2 nitrogen and oxygen atoms in total. The number of benzene rings is 1. The Kier molecular flexibility index (Phi) is 3.67. The highest BCUT2D eigenvalue weighted by atomic mass is 79.9. The van der Waals surface area contributed by atoms with Crippen LogP contribution in [0.15, 0.2) is 28.9 Å². The van der Waals surface area contributed by atoms with Gasteiger partial charge >= 0.3 is 0 Å². The number of hydrogen-bond acceptors (Lipinski definition) is 2. The van der Waals surface area contributed by atoms with Gasteiger partial charge in [-0.05, 0) is 34.1 Å². The smallest absolute Gasteiger partial charge is 0.135 e. The predicted molar refractivity (Wildman–Crippen MR) is 73.8 cm³/mol. The second kappa shape index (κ2) is 4.96. The molecule has 19 heavy (non-hydrogen) atoms. The van der Waals surface area contributed by atoms with Crippen molar-refractivity contribution in [1.82, 2.24) is 9.97 Å². The van der Waals surface area contributed by atoms with Crippen molar-refractivity contribution in [2.45, 2.75) is 26.2 Å². The van der Waals surface area contributed by atoms with Crippen molar-refractivity contribution in [2.24, 2.45) is 0 Å². The van der Waals surface area contributed by atoms with Crippen molar-refractivity contribution in [2.75, 3.05) is 0 Å². The molecule has 0 N–H and O–H groups in total. The molecule has 0 aliphatic heterocycles. The summed E-state index contributed by atoms with van der Waals surface area (Å²) in [5.41, 5.74) is 0.439. The van der Waals surface area contributed by atoms with Gasteiger partial charge in [0.15, 0.2) is 0 Å². The van der Waals surface area contributed by atoms with Gasteiger partial charge in [0, 0.05) is 17.0 Å². The topological polar surface area (TPSA) is 25.8 Å². The normalized spacial score (nSPS) is 11.7. The standard InChI is InChI=1S/C14H13BrF2N2/c1-14(2,3)13-18-11(7-12(15)19-13)9-5-4-8(16)6-10(9)17/h4-7H,1-3H3. The molecule has 0 spiro atoms. The molecule has 2 aromatic rings. The summed E-state index contributed by atoms with van der Waals surface area (Å²) < 4.78 is 27.3. The van der Waals surface area contributed by atoms with Crippen LogP contribution in [0.25, 0.3) is 11.3 Å². The Labute approximate surface area is 119 Å². The van der Waals surface area contributed by atoms with Gasteiger partial charge in [0.1, 0.15) is 22.1 Å². The largest absolute Gasteiger partial charge is 0.232 e. The third kappa shape index (κ3) is 3.15. The Balaban J connectivity index is 2.59. The summed E-state index contributed by atoms with van der Waals surface area (Å²) in [5.74, 6) is -0.642. The SMILES string of the molecule is CC(C)(C)c1nc(Br)cc(-c2ccc(F)cc2F)n1. The Morgan fingerprint density at radius 1 is 1.05 bits per heavy atom. The highest BCUT2D eigenvalue weighted by molar-refractivity contribution is 9.10. The highest BCUT2D eigenvalue weighted by Gasteiger charge is 2.20. The van der Waals surface area contributed by atoms with E-state index in [0.717, 1.165) is 6.07 Å². The van der Waals surface area contributed by atoms with Gasteiger partial charge in [-0.1, -0.05) is 20.8 Å². The molecule has 0 saturated heterocycles. The lowest BCUT2D eigenvalue weighted by atomic mass is 9.95. The van der Waals surface area contributed by atoms with E-state index < -0.39 is 11.6 Å². The van der Waals surface area contributed by atoms with E-state index >= 15 is 0 Å². The molecule has 0 amide bonds. The maximum absolute atomic E-state index is 13.8. The molecule has 0 unspecified atom stereocenters. The molecule has 1 heterocycles. The molecule has 0 bridgehead atoms. The van der Waals surface area contributed by atoms with Crippen LogP contribution in [-0.4, -0.2) is 9.97 Å². The van der Waals surface area contributed by atoms with E-state index in [1.54, 1.807) is 6.07 Å². The monoisotopic (exact) mass is 326 g/mol. The van der Waals surface area contributed by atoms with Crippen molar-refractivity contribution < 1.29 is 8.78 Å². The van der Waals surface area contributed by atoms with E-state index in [1.807, 2.05) is 20.8 Å². The van der Waals surface area contributed by atoms with Crippen LogP contribution in [0.4, 0.5) is 8.78 Å². The molecule has 0 aliphatic carbocycles. The minimum Gasteiger partial charge on any atom is -0.232 e. The molecule has 5 heteroatoms. The summed E-state index contributed by atoms with van der Waals surface area (Å²) in [7, 11) is 0. The van der Waals surface area contributed by atoms with Crippen LogP contribution in [0.5, 0.6) is 0 Å². The average molecular weight is 327 g/mol. The minimum atomic E-state index is -0.634. The lowest BCUT2D eigenvalue weighted by Crippen LogP contribution is -2.16. The molecular formula is C14H13BrF2N2. The van der Waals surface area contributed by atoms with Crippen molar-refractivity contribution in [3.63, 3.8) is 0 Å². The van der Waals surface area contributed by atoms with Gasteiger partial charge < -0.3 is 0 Å². The quantitative estimate of drug-likeness (QED) is 0.722. The zero-order valence-electron chi connectivity index (χ0n) is 10.8.